The lowest BCUT2D eigenvalue weighted by molar-refractivity contribution is 0.0939. The topological polar surface area (TPSA) is 71.4 Å². The predicted molar refractivity (Wildman–Crippen MR) is 56.4 cm³/mol. The second-order valence-corrected chi connectivity index (χ2v) is 4.88. The Kier molecular flexibility index (Phi) is 3.60. The van der Waals surface area contributed by atoms with Crippen LogP contribution in [0.3, 0.4) is 0 Å². The molecule has 0 aliphatic rings. The fraction of sp³-hybridized carbons (Fsp3) is 0.300. The number of carbonyl (C=O) groups excluding carboxylic acids is 1. The Morgan fingerprint density at radius 2 is 1.87 bits per heavy atom. The highest BCUT2D eigenvalue weighted by atomic mass is 32.2. The van der Waals surface area contributed by atoms with Crippen LogP contribution < -0.4 is 0 Å². The summed E-state index contributed by atoms with van der Waals surface area (Å²) < 4.78 is 29.8. The molecule has 0 bridgehead atoms. The van der Waals surface area contributed by atoms with Crippen molar-refractivity contribution in [2.24, 2.45) is 5.92 Å². The smallest absolute Gasteiger partial charge is 0.265 e. The standard InChI is InChI=1S/C10H12O4S/c1-8(7-15(12,13)14)10(11)9-5-3-2-4-6-9/h2-6,8H,7H2,1H3,(H,12,13,14). The highest BCUT2D eigenvalue weighted by Crippen LogP contribution is 2.10. The van der Waals surface area contributed by atoms with E-state index in [1.54, 1.807) is 30.3 Å². The van der Waals surface area contributed by atoms with Crippen molar-refractivity contribution in [1.29, 1.82) is 0 Å². The fourth-order valence-corrected chi connectivity index (χ4v) is 2.06. The summed E-state index contributed by atoms with van der Waals surface area (Å²) in [7, 11) is -4.10. The summed E-state index contributed by atoms with van der Waals surface area (Å²) in [6.45, 7) is 1.48. The molecular weight excluding hydrogens is 216 g/mol. The Hall–Kier alpha value is -1.20. The highest BCUT2D eigenvalue weighted by molar-refractivity contribution is 7.85. The van der Waals surface area contributed by atoms with Gasteiger partial charge in [0, 0.05) is 11.5 Å². The molecule has 5 heteroatoms. The van der Waals surface area contributed by atoms with E-state index in [0.717, 1.165) is 0 Å². The number of Topliss-reactive ketones (excluding diaryl/α,β-unsaturated/α-hetero) is 1. The molecule has 1 atom stereocenters. The zero-order valence-corrected chi connectivity index (χ0v) is 9.07. The van der Waals surface area contributed by atoms with Crippen LogP contribution >= 0.6 is 0 Å². The van der Waals surface area contributed by atoms with Gasteiger partial charge in [0.2, 0.25) is 0 Å². The maximum absolute atomic E-state index is 11.6. The number of ketones is 1. The van der Waals surface area contributed by atoms with Crippen molar-refractivity contribution in [3.63, 3.8) is 0 Å². The number of hydrogen-bond acceptors (Lipinski definition) is 3. The third kappa shape index (κ3) is 3.81. The van der Waals surface area contributed by atoms with Crippen LogP contribution in [0.1, 0.15) is 17.3 Å². The number of benzene rings is 1. The van der Waals surface area contributed by atoms with Gasteiger partial charge in [0.25, 0.3) is 10.1 Å². The van der Waals surface area contributed by atoms with Gasteiger partial charge in [0.15, 0.2) is 5.78 Å². The molecular formula is C10H12O4S. The molecule has 0 aliphatic carbocycles. The summed E-state index contributed by atoms with van der Waals surface area (Å²) in [6, 6.07) is 8.40. The van der Waals surface area contributed by atoms with Crippen molar-refractivity contribution in [3.05, 3.63) is 35.9 Å². The van der Waals surface area contributed by atoms with Crippen LogP contribution in [0, 0.1) is 5.92 Å². The Balaban J connectivity index is 2.79. The second-order valence-electron chi connectivity index (χ2n) is 3.38. The summed E-state index contributed by atoms with van der Waals surface area (Å²) in [5.41, 5.74) is 0.452. The molecule has 1 rings (SSSR count). The first-order valence-corrected chi connectivity index (χ1v) is 6.05. The number of hydrogen-bond donors (Lipinski definition) is 1. The maximum Gasteiger partial charge on any atom is 0.265 e. The average molecular weight is 228 g/mol. The van der Waals surface area contributed by atoms with Gasteiger partial charge in [0.1, 0.15) is 0 Å². The molecule has 4 nitrogen and oxygen atoms in total. The summed E-state index contributed by atoms with van der Waals surface area (Å²) in [5.74, 6) is -1.56. The summed E-state index contributed by atoms with van der Waals surface area (Å²) in [4.78, 5) is 11.6. The molecule has 0 saturated carbocycles. The Bertz CT molecular complexity index is 436. The molecule has 15 heavy (non-hydrogen) atoms. The Morgan fingerprint density at radius 3 is 2.33 bits per heavy atom. The molecule has 0 amide bonds. The molecule has 1 N–H and O–H groups in total. The van der Waals surface area contributed by atoms with Gasteiger partial charge >= 0.3 is 0 Å². The highest BCUT2D eigenvalue weighted by Gasteiger charge is 2.20. The van der Waals surface area contributed by atoms with E-state index in [1.165, 1.54) is 6.92 Å². The summed E-state index contributed by atoms with van der Waals surface area (Å²) >= 11 is 0. The van der Waals surface area contributed by atoms with Gasteiger partial charge in [-0.25, -0.2) is 0 Å². The minimum atomic E-state index is -4.10. The van der Waals surface area contributed by atoms with Crippen LogP contribution in [0.2, 0.25) is 0 Å². The van der Waals surface area contributed by atoms with Crippen LogP contribution in [-0.4, -0.2) is 24.5 Å². The van der Waals surface area contributed by atoms with Crippen molar-refractivity contribution in [3.8, 4) is 0 Å². The van der Waals surface area contributed by atoms with Gasteiger partial charge in [0.05, 0.1) is 5.75 Å². The van der Waals surface area contributed by atoms with E-state index >= 15 is 0 Å². The molecule has 0 aromatic heterocycles. The SMILES string of the molecule is CC(CS(=O)(=O)O)C(=O)c1ccccc1. The molecule has 1 unspecified atom stereocenters. The average Bonchev–Trinajstić information content (AvgIpc) is 2.15. The van der Waals surface area contributed by atoms with Crippen molar-refractivity contribution in [2.45, 2.75) is 6.92 Å². The zero-order chi connectivity index (χ0) is 11.5. The van der Waals surface area contributed by atoms with Gasteiger partial charge in [-0.15, -0.1) is 0 Å². The monoisotopic (exact) mass is 228 g/mol. The zero-order valence-electron chi connectivity index (χ0n) is 8.25. The lowest BCUT2D eigenvalue weighted by Crippen LogP contribution is -2.20. The normalized spacial score (nSPS) is 13.5. The Labute approximate surface area is 88.7 Å². The van der Waals surface area contributed by atoms with Crippen molar-refractivity contribution in [2.75, 3.05) is 5.75 Å². The third-order valence-electron chi connectivity index (χ3n) is 1.97. The molecule has 0 heterocycles. The predicted octanol–water partition coefficient (Wildman–Crippen LogP) is 1.39. The van der Waals surface area contributed by atoms with E-state index in [1.807, 2.05) is 0 Å². The first-order chi connectivity index (χ1) is 6.90. The first-order valence-electron chi connectivity index (χ1n) is 4.44. The van der Waals surface area contributed by atoms with Crippen molar-refractivity contribution in [1.82, 2.24) is 0 Å². The molecule has 1 aromatic carbocycles. The molecule has 0 fully saturated rings. The largest absolute Gasteiger partial charge is 0.294 e. The Morgan fingerprint density at radius 1 is 1.33 bits per heavy atom. The van der Waals surface area contributed by atoms with Gasteiger partial charge in [-0.1, -0.05) is 37.3 Å². The number of carbonyl (C=O) groups is 1. The van der Waals surface area contributed by atoms with Crippen LogP contribution in [0.15, 0.2) is 30.3 Å². The van der Waals surface area contributed by atoms with Crippen molar-refractivity contribution >= 4 is 15.9 Å². The quantitative estimate of drug-likeness (QED) is 0.624. The van der Waals surface area contributed by atoms with Crippen LogP contribution in [0.25, 0.3) is 0 Å². The van der Waals surface area contributed by atoms with Gasteiger partial charge < -0.3 is 0 Å². The molecule has 0 saturated heterocycles. The first kappa shape index (κ1) is 11.9. The summed E-state index contributed by atoms with van der Waals surface area (Å²) in [5, 5.41) is 0. The lowest BCUT2D eigenvalue weighted by Gasteiger charge is -2.07. The molecule has 1 aromatic rings. The van der Waals surface area contributed by atoms with Gasteiger partial charge in [-0.2, -0.15) is 8.42 Å². The molecule has 82 valence electrons. The lowest BCUT2D eigenvalue weighted by atomic mass is 10.0. The maximum atomic E-state index is 11.6. The number of rotatable bonds is 4. The molecule has 0 radical (unpaired) electrons. The van der Waals surface area contributed by atoms with Gasteiger partial charge in [-0.05, 0) is 0 Å². The van der Waals surface area contributed by atoms with Crippen LogP contribution in [0.5, 0.6) is 0 Å². The van der Waals surface area contributed by atoms with Gasteiger partial charge in [-0.3, -0.25) is 9.35 Å². The van der Waals surface area contributed by atoms with Crippen molar-refractivity contribution < 1.29 is 17.8 Å². The van der Waals surface area contributed by atoms with E-state index in [9.17, 15) is 13.2 Å². The van der Waals surface area contributed by atoms with E-state index in [0.29, 0.717) is 5.56 Å². The fourth-order valence-electron chi connectivity index (χ4n) is 1.28. The molecule has 0 spiro atoms. The molecule has 0 aliphatic heterocycles. The van der Waals surface area contributed by atoms with Crippen LogP contribution in [0.4, 0.5) is 0 Å². The minimum Gasteiger partial charge on any atom is -0.294 e. The van der Waals surface area contributed by atoms with E-state index < -0.39 is 21.8 Å². The summed E-state index contributed by atoms with van der Waals surface area (Å²) in [6.07, 6.45) is 0. The minimum absolute atomic E-state index is 0.284. The second kappa shape index (κ2) is 4.55. The van der Waals surface area contributed by atoms with E-state index in [2.05, 4.69) is 0 Å². The van der Waals surface area contributed by atoms with E-state index in [-0.39, 0.29) is 5.78 Å². The van der Waals surface area contributed by atoms with Crippen LogP contribution in [-0.2, 0) is 10.1 Å². The van der Waals surface area contributed by atoms with E-state index in [4.69, 9.17) is 4.55 Å². The third-order valence-corrected chi connectivity index (χ3v) is 2.89.